The van der Waals surface area contributed by atoms with Crippen LogP contribution in [0.25, 0.3) is 0 Å². The van der Waals surface area contributed by atoms with Gasteiger partial charge < -0.3 is 15.6 Å². The molecule has 1 unspecified atom stereocenters. The first-order valence-corrected chi connectivity index (χ1v) is 5.60. The smallest absolute Gasteiger partial charge is 0.124 e. The average Bonchev–Trinajstić information content (AvgIpc) is 2.16. The molecule has 0 amide bonds. The maximum Gasteiger partial charge on any atom is 0.124 e. The summed E-state index contributed by atoms with van der Waals surface area (Å²) in [6.07, 6.45) is 0.598. The lowest BCUT2D eigenvalue weighted by Gasteiger charge is -2.19. The van der Waals surface area contributed by atoms with Crippen LogP contribution >= 0.6 is 0 Å². The zero-order chi connectivity index (χ0) is 12.2. The van der Waals surface area contributed by atoms with E-state index in [0.717, 1.165) is 11.3 Å². The molecule has 3 nitrogen and oxygen atoms in total. The SMILES string of the molecule is CC(N)c1ccccc1OCCC(C)(C)O. The van der Waals surface area contributed by atoms with Crippen molar-refractivity contribution in [2.45, 2.75) is 38.8 Å². The molecule has 3 N–H and O–H groups in total. The predicted octanol–water partition coefficient (Wildman–Crippen LogP) is 2.25. The number of hydrogen-bond donors (Lipinski definition) is 2. The summed E-state index contributed by atoms with van der Waals surface area (Å²) in [7, 11) is 0. The second kappa shape index (κ2) is 5.32. The van der Waals surface area contributed by atoms with Crippen molar-refractivity contribution in [1.82, 2.24) is 0 Å². The van der Waals surface area contributed by atoms with E-state index in [4.69, 9.17) is 10.5 Å². The summed E-state index contributed by atoms with van der Waals surface area (Å²) in [5, 5.41) is 9.57. The molecule has 0 saturated carbocycles. The maximum absolute atomic E-state index is 9.57. The monoisotopic (exact) mass is 223 g/mol. The van der Waals surface area contributed by atoms with E-state index in [1.54, 1.807) is 13.8 Å². The minimum atomic E-state index is -0.691. The molecule has 1 atom stereocenters. The lowest BCUT2D eigenvalue weighted by molar-refractivity contribution is 0.0552. The number of hydrogen-bond acceptors (Lipinski definition) is 3. The van der Waals surface area contributed by atoms with Gasteiger partial charge in [-0.1, -0.05) is 18.2 Å². The quantitative estimate of drug-likeness (QED) is 0.805. The molecule has 1 aromatic rings. The molecule has 0 fully saturated rings. The van der Waals surface area contributed by atoms with Crippen molar-refractivity contribution in [3.63, 3.8) is 0 Å². The first kappa shape index (κ1) is 13.0. The number of para-hydroxylation sites is 1. The van der Waals surface area contributed by atoms with Crippen molar-refractivity contribution in [1.29, 1.82) is 0 Å². The summed E-state index contributed by atoms with van der Waals surface area (Å²) < 4.78 is 5.63. The number of rotatable bonds is 5. The Morgan fingerprint density at radius 3 is 2.56 bits per heavy atom. The third-order valence-electron chi connectivity index (χ3n) is 2.38. The van der Waals surface area contributed by atoms with Crippen LogP contribution in [0.3, 0.4) is 0 Å². The van der Waals surface area contributed by atoms with Crippen molar-refractivity contribution >= 4 is 0 Å². The van der Waals surface area contributed by atoms with Crippen LogP contribution in [0.2, 0.25) is 0 Å². The molecule has 0 aromatic heterocycles. The van der Waals surface area contributed by atoms with Crippen molar-refractivity contribution in [3.8, 4) is 5.75 Å². The van der Waals surface area contributed by atoms with Crippen LogP contribution in [0.5, 0.6) is 5.75 Å². The average molecular weight is 223 g/mol. The van der Waals surface area contributed by atoms with Gasteiger partial charge in [0.15, 0.2) is 0 Å². The van der Waals surface area contributed by atoms with Crippen LogP contribution in [-0.4, -0.2) is 17.3 Å². The molecular weight excluding hydrogens is 202 g/mol. The Balaban J connectivity index is 2.60. The summed E-state index contributed by atoms with van der Waals surface area (Å²) >= 11 is 0. The van der Waals surface area contributed by atoms with Gasteiger partial charge in [0.2, 0.25) is 0 Å². The predicted molar refractivity (Wildman–Crippen MR) is 65.5 cm³/mol. The molecule has 0 radical (unpaired) electrons. The van der Waals surface area contributed by atoms with Crippen molar-refractivity contribution in [2.75, 3.05) is 6.61 Å². The molecular formula is C13H21NO2. The highest BCUT2D eigenvalue weighted by molar-refractivity contribution is 5.35. The Labute approximate surface area is 97.2 Å². The Morgan fingerprint density at radius 2 is 2.00 bits per heavy atom. The molecule has 0 aliphatic rings. The van der Waals surface area contributed by atoms with E-state index >= 15 is 0 Å². The van der Waals surface area contributed by atoms with Crippen LogP contribution in [0.4, 0.5) is 0 Å². The number of nitrogens with two attached hydrogens (primary N) is 1. The van der Waals surface area contributed by atoms with E-state index in [1.807, 2.05) is 31.2 Å². The second-order valence-electron chi connectivity index (χ2n) is 4.74. The molecule has 0 bridgehead atoms. The van der Waals surface area contributed by atoms with Gasteiger partial charge in [0, 0.05) is 18.0 Å². The van der Waals surface area contributed by atoms with Crippen molar-refractivity contribution < 1.29 is 9.84 Å². The summed E-state index contributed by atoms with van der Waals surface area (Å²) in [5.74, 6) is 0.807. The highest BCUT2D eigenvalue weighted by Crippen LogP contribution is 2.23. The number of benzene rings is 1. The fourth-order valence-corrected chi connectivity index (χ4v) is 1.40. The molecule has 0 aliphatic carbocycles. The molecule has 0 saturated heterocycles. The van der Waals surface area contributed by atoms with Crippen molar-refractivity contribution in [3.05, 3.63) is 29.8 Å². The number of aliphatic hydroxyl groups is 1. The van der Waals surface area contributed by atoms with Gasteiger partial charge in [0.05, 0.1) is 12.2 Å². The first-order valence-electron chi connectivity index (χ1n) is 5.60. The van der Waals surface area contributed by atoms with E-state index in [2.05, 4.69) is 0 Å². The van der Waals surface area contributed by atoms with Gasteiger partial charge >= 0.3 is 0 Å². The molecule has 1 aromatic carbocycles. The lowest BCUT2D eigenvalue weighted by Crippen LogP contribution is -2.22. The Kier molecular flexibility index (Phi) is 4.33. The normalized spacial score (nSPS) is 13.6. The van der Waals surface area contributed by atoms with Gasteiger partial charge in [-0.05, 0) is 26.8 Å². The van der Waals surface area contributed by atoms with Crippen LogP contribution in [0.15, 0.2) is 24.3 Å². The zero-order valence-electron chi connectivity index (χ0n) is 10.2. The summed E-state index contributed by atoms with van der Waals surface area (Å²) in [6.45, 7) is 5.97. The summed E-state index contributed by atoms with van der Waals surface area (Å²) in [5.41, 5.74) is 6.15. The maximum atomic E-state index is 9.57. The van der Waals surface area contributed by atoms with Crippen LogP contribution in [0.1, 0.15) is 38.8 Å². The van der Waals surface area contributed by atoms with E-state index in [-0.39, 0.29) is 6.04 Å². The minimum absolute atomic E-state index is 0.0432. The van der Waals surface area contributed by atoms with Crippen LogP contribution in [0, 0.1) is 0 Å². The van der Waals surface area contributed by atoms with E-state index < -0.39 is 5.60 Å². The van der Waals surface area contributed by atoms with Gasteiger partial charge in [0.1, 0.15) is 5.75 Å². The third kappa shape index (κ3) is 4.21. The zero-order valence-corrected chi connectivity index (χ0v) is 10.2. The van der Waals surface area contributed by atoms with Crippen molar-refractivity contribution in [2.24, 2.45) is 5.73 Å². The Bertz CT molecular complexity index is 329. The molecule has 16 heavy (non-hydrogen) atoms. The molecule has 1 rings (SSSR count). The van der Waals surface area contributed by atoms with E-state index in [1.165, 1.54) is 0 Å². The molecule has 0 heterocycles. The lowest BCUT2D eigenvalue weighted by atomic mass is 10.1. The summed E-state index contributed by atoms with van der Waals surface area (Å²) in [6, 6.07) is 7.69. The standard InChI is InChI=1S/C13H21NO2/c1-10(14)11-6-4-5-7-12(11)16-9-8-13(2,3)15/h4-7,10,15H,8-9,14H2,1-3H3. The van der Waals surface area contributed by atoms with Gasteiger partial charge in [0.25, 0.3) is 0 Å². The summed E-state index contributed by atoms with van der Waals surface area (Å²) in [4.78, 5) is 0. The van der Waals surface area contributed by atoms with Crippen LogP contribution in [-0.2, 0) is 0 Å². The third-order valence-corrected chi connectivity index (χ3v) is 2.38. The van der Waals surface area contributed by atoms with E-state index in [9.17, 15) is 5.11 Å². The van der Waals surface area contributed by atoms with E-state index in [0.29, 0.717) is 13.0 Å². The Morgan fingerprint density at radius 1 is 1.38 bits per heavy atom. The largest absolute Gasteiger partial charge is 0.493 e. The fraction of sp³-hybridized carbons (Fsp3) is 0.538. The van der Waals surface area contributed by atoms with Gasteiger partial charge in [-0.25, -0.2) is 0 Å². The molecule has 0 spiro atoms. The van der Waals surface area contributed by atoms with Gasteiger partial charge in [-0.3, -0.25) is 0 Å². The highest BCUT2D eigenvalue weighted by Gasteiger charge is 2.13. The van der Waals surface area contributed by atoms with Gasteiger partial charge in [-0.15, -0.1) is 0 Å². The Hall–Kier alpha value is -1.06. The minimum Gasteiger partial charge on any atom is -0.493 e. The topological polar surface area (TPSA) is 55.5 Å². The fourth-order valence-electron chi connectivity index (χ4n) is 1.40. The first-order chi connectivity index (χ1) is 7.40. The number of ether oxygens (including phenoxy) is 1. The highest BCUT2D eigenvalue weighted by atomic mass is 16.5. The molecule has 3 heteroatoms. The van der Waals surface area contributed by atoms with Crippen LogP contribution < -0.4 is 10.5 Å². The molecule has 0 aliphatic heterocycles. The van der Waals surface area contributed by atoms with Gasteiger partial charge in [-0.2, -0.15) is 0 Å². The molecule has 90 valence electrons. The second-order valence-corrected chi connectivity index (χ2v) is 4.74.